The Morgan fingerprint density at radius 3 is 1.27 bits per heavy atom. The summed E-state index contributed by atoms with van der Waals surface area (Å²) < 4.78 is 11.9. The van der Waals surface area contributed by atoms with E-state index in [9.17, 15) is 0 Å². The molecule has 6 rings (SSSR count). The van der Waals surface area contributed by atoms with Gasteiger partial charge in [-0.3, -0.25) is 0 Å². The van der Waals surface area contributed by atoms with Crippen molar-refractivity contribution in [2.24, 2.45) is 0 Å². The molecule has 0 fully saturated rings. The van der Waals surface area contributed by atoms with E-state index in [4.69, 9.17) is 9.47 Å². The van der Waals surface area contributed by atoms with Crippen LogP contribution in [0, 0.1) is 0 Å². The maximum atomic E-state index is 5.95. The van der Waals surface area contributed by atoms with Crippen molar-refractivity contribution in [3.05, 3.63) is 97.1 Å². The second kappa shape index (κ2) is 12.5. The van der Waals surface area contributed by atoms with E-state index in [2.05, 4.69) is 44.2 Å². The Labute approximate surface area is 234 Å². The minimum Gasteiger partial charge on any atom is -0.494 e. The summed E-state index contributed by atoms with van der Waals surface area (Å²) in [7, 11) is 0. The molecule has 6 nitrogen and oxygen atoms in total. The number of aromatic nitrogens is 4. The molecule has 0 amide bonds. The van der Waals surface area contributed by atoms with Crippen LogP contribution in [-0.4, -0.2) is 33.1 Å². The summed E-state index contributed by atoms with van der Waals surface area (Å²) in [5.41, 5.74) is 6.19. The number of aromatic amines is 2. The van der Waals surface area contributed by atoms with Crippen LogP contribution < -0.4 is 9.47 Å². The lowest BCUT2D eigenvalue weighted by Gasteiger charge is -2.08. The summed E-state index contributed by atoms with van der Waals surface area (Å²) in [6.07, 6.45) is 6.95. The molecule has 0 bridgehead atoms. The van der Waals surface area contributed by atoms with Crippen LogP contribution in [0.2, 0.25) is 0 Å². The first-order valence-electron chi connectivity index (χ1n) is 14.2. The highest BCUT2D eigenvalue weighted by Gasteiger charge is 2.06. The van der Waals surface area contributed by atoms with Crippen molar-refractivity contribution in [1.29, 1.82) is 0 Å². The van der Waals surface area contributed by atoms with Crippen molar-refractivity contribution >= 4 is 22.1 Å². The number of nitrogens with zero attached hydrogens (tertiary/aromatic N) is 2. The molecule has 0 aliphatic heterocycles. The first-order valence-corrected chi connectivity index (χ1v) is 14.2. The quantitative estimate of drug-likeness (QED) is 0.147. The van der Waals surface area contributed by atoms with E-state index < -0.39 is 0 Å². The first kappa shape index (κ1) is 25.7. The predicted octanol–water partition coefficient (Wildman–Crippen LogP) is 8.57. The largest absolute Gasteiger partial charge is 0.494 e. The van der Waals surface area contributed by atoms with Crippen molar-refractivity contribution < 1.29 is 9.47 Å². The van der Waals surface area contributed by atoms with Gasteiger partial charge in [0.15, 0.2) is 0 Å². The van der Waals surface area contributed by atoms with Crippen LogP contribution in [0.3, 0.4) is 0 Å². The fraction of sp³-hybridized carbons (Fsp3) is 0.235. The Hall–Kier alpha value is -4.58. The normalized spacial score (nSPS) is 11.3. The molecule has 2 heterocycles. The number of rotatable bonds is 13. The number of unbranched alkanes of at least 4 members (excludes halogenated alkanes) is 5. The highest BCUT2D eigenvalue weighted by molar-refractivity contribution is 5.80. The van der Waals surface area contributed by atoms with E-state index in [1.807, 2.05) is 72.8 Å². The Bertz CT molecular complexity index is 1460. The van der Waals surface area contributed by atoms with Gasteiger partial charge in [-0.2, -0.15) is 0 Å². The van der Waals surface area contributed by atoms with Crippen molar-refractivity contribution in [2.75, 3.05) is 13.2 Å². The molecule has 202 valence electrons. The van der Waals surface area contributed by atoms with E-state index in [0.29, 0.717) is 0 Å². The number of nitrogens with one attached hydrogen (secondary N) is 2. The molecule has 0 spiro atoms. The SMILES string of the molecule is c1ccc2[nH]c(-c3ccc(OCCCCCCCCOc4ccc(-c5nc6ccccc6[nH]5)cc4)cc3)nc2c1. The molecule has 6 aromatic rings. The van der Waals surface area contributed by atoms with E-state index in [1.54, 1.807) is 0 Å². The minimum atomic E-state index is 0.747. The van der Waals surface area contributed by atoms with Gasteiger partial charge >= 0.3 is 0 Å². The third-order valence-electron chi connectivity index (χ3n) is 7.11. The van der Waals surface area contributed by atoms with E-state index in [-0.39, 0.29) is 0 Å². The molecule has 0 aliphatic rings. The standard InChI is InChI=1S/C34H34N4O2/c1(3-9-23-39-27-19-15-25(16-20-27)33-35-29-11-5-6-12-30(29)36-33)2-4-10-24-40-28-21-17-26(18-22-28)34-37-31-13-7-8-14-32(31)38-34/h5-8,11-22H,1-4,9-10,23-24H2,(H,35,36)(H,37,38). The Kier molecular flexibility index (Phi) is 8.04. The van der Waals surface area contributed by atoms with Crippen molar-refractivity contribution in [3.63, 3.8) is 0 Å². The minimum absolute atomic E-state index is 0.747. The van der Waals surface area contributed by atoms with Gasteiger partial charge in [0.05, 0.1) is 35.3 Å². The third-order valence-corrected chi connectivity index (χ3v) is 7.11. The molecule has 0 unspecified atom stereocenters. The van der Waals surface area contributed by atoms with Gasteiger partial charge < -0.3 is 19.4 Å². The van der Waals surface area contributed by atoms with Crippen LogP contribution in [0.4, 0.5) is 0 Å². The van der Waals surface area contributed by atoms with Crippen LogP contribution in [0.5, 0.6) is 11.5 Å². The molecule has 4 aromatic carbocycles. The molecule has 0 radical (unpaired) electrons. The number of fused-ring (bicyclic) bond motifs is 2. The molecule has 2 aromatic heterocycles. The number of ether oxygens (including phenoxy) is 2. The Morgan fingerprint density at radius 2 is 0.850 bits per heavy atom. The average Bonchev–Trinajstić information content (AvgIpc) is 3.63. The fourth-order valence-electron chi connectivity index (χ4n) is 4.89. The summed E-state index contributed by atoms with van der Waals surface area (Å²) in [6.45, 7) is 1.49. The second-order valence-corrected chi connectivity index (χ2v) is 10.1. The van der Waals surface area contributed by atoms with Gasteiger partial charge in [-0.15, -0.1) is 0 Å². The number of para-hydroxylation sites is 4. The molecular formula is C34H34N4O2. The number of H-pyrrole nitrogens is 2. The Balaban J connectivity index is 0.827. The fourth-order valence-corrected chi connectivity index (χ4v) is 4.89. The van der Waals surface area contributed by atoms with Crippen LogP contribution >= 0.6 is 0 Å². The lowest BCUT2D eigenvalue weighted by atomic mass is 10.1. The highest BCUT2D eigenvalue weighted by Crippen LogP contribution is 2.24. The highest BCUT2D eigenvalue weighted by atomic mass is 16.5. The van der Waals surface area contributed by atoms with Gasteiger partial charge in [0.1, 0.15) is 23.1 Å². The lowest BCUT2D eigenvalue weighted by Crippen LogP contribution is -1.98. The lowest BCUT2D eigenvalue weighted by molar-refractivity contribution is 0.297. The van der Waals surface area contributed by atoms with Gasteiger partial charge in [0, 0.05) is 11.1 Å². The van der Waals surface area contributed by atoms with Gasteiger partial charge in [0.25, 0.3) is 0 Å². The van der Waals surface area contributed by atoms with Crippen LogP contribution in [0.15, 0.2) is 97.1 Å². The number of benzene rings is 4. The molecular weight excluding hydrogens is 496 g/mol. The summed E-state index contributed by atoms with van der Waals surface area (Å²) in [5, 5.41) is 0. The molecule has 0 atom stereocenters. The average molecular weight is 531 g/mol. The summed E-state index contributed by atoms with van der Waals surface area (Å²) in [4.78, 5) is 16.1. The second-order valence-electron chi connectivity index (χ2n) is 10.1. The summed E-state index contributed by atoms with van der Waals surface area (Å²) in [6, 6.07) is 32.5. The van der Waals surface area contributed by atoms with Crippen molar-refractivity contribution in [2.45, 2.75) is 38.5 Å². The van der Waals surface area contributed by atoms with Gasteiger partial charge in [-0.25, -0.2) is 9.97 Å². The molecule has 2 N–H and O–H groups in total. The van der Waals surface area contributed by atoms with Gasteiger partial charge in [-0.1, -0.05) is 49.9 Å². The third kappa shape index (κ3) is 6.34. The summed E-state index contributed by atoms with van der Waals surface area (Å²) in [5.74, 6) is 3.58. The monoisotopic (exact) mass is 530 g/mol. The topological polar surface area (TPSA) is 75.8 Å². The molecule has 6 heteroatoms. The molecule has 0 aliphatic carbocycles. The van der Waals surface area contributed by atoms with E-state index in [0.717, 1.165) is 82.4 Å². The van der Waals surface area contributed by atoms with Gasteiger partial charge in [0.2, 0.25) is 0 Å². The van der Waals surface area contributed by atoms with Crippen molar-refractivity contribution in [3.8, 4) is 34.3 Å². The first-order chi connectivity index (χ1) is 19.8. The number of imidazole rings is 2. The molecule has 40 heavy (non-hydrogen) atoms. The van der Waals surface area contributed by atoms with E-state index >= 15 is 0 Å². The zero-order chi connectivity index (χ0) is 27.0. The van der Waals surface area contributed by atoms with Crippen LogP contribution in [0.25, 0.3) is 44.8 Å². The maximum Gasteiger partial charge on any atom is 0.138 e. The zero-order valence-corrected chi connectivity index (χ0v) is 22.6. The van der Waals surface area contributed by atoms with Crippen molar-refractivity contribution in [1.82, 2.24) is 19.9 Å². The van der Waals surface area contributed by atoms with Gasteiger partial charge in [-0.05, 0) is 85.6 Å². The molecule has 0 saturated carbocycles. The Morgan fingerprint density at radius 1 is 0.450 bits per heavy atom. The van der Waals surface area contributed by atoms with Crippen LogP contribution in [0.1, 0.15) is 38.5 Å². The maximum absolute atomic E-state index is 5.95. The summed E-state index contributed by atoms with van der Waals surface area (Å²) >= 11 is 0. The predicted molar refractivity (Wildman–Crippen MR) is 162 cm³/mol. The van der Waals surface area contributed by atoms with E-state index in [1.165, 1.54) is 25.7 Å². The number of hydrogen-bond donors (Lipinski definition) is 2. The smallest absolute Gasteiger partial charge is 0.138 e. The zero-order valence-electron chi connectivity index (χ0n) is 22.6. The molecule has 0 saturated heterocycles. The number of hydrogen-bond acceptors (Lipinski definition) is 4. The van der Waals surface area contributed by atoms with Crippen LogP contribution in [-0.2, 0) is 0 Å².